The van der Waals surface area contributed by atoms with Crippen molar-refractivity contribution in [1.29, 1.82) is 5.26 Å². The fraction of sp³-hybridized carbons (Fsp3) is 0.321. The van der Waals surface area contributed by atoms with Crippen LogP contribution in [0.25, 0.3) is 10.8 Å². The average molecular weight is 487 g/mol. The molecule has 2 bridgehead atoms. The Morgan fingerprint density at radius 1 is 1.03 bits per heavy atom. The van der Waals surface area contributed by atoms with Gasteiger partial charge in [0.25, 0.3) is 0 Å². The van der Waals surface area contributed by atoms with E-state index in [2.05, 4.69) is 6.07 Å². The highest BCUT2D eigenvalue weighted by Crippen LogP contribution is 2.62. The first-order chi connectivity index (χ1) is 16.9. The summed E-state index contributed by atoms with van der Waals surface area (Å²) >= 11 is 5.96. The number of rotatable bonds is 5. The predicted octanol–water partition coefficient (Wildman–Crippen LogP) is 5.26. The molecule has 3 fully saturated rings. The van der Waals surface area contributed by atoms with Crippen molar-refractivity contribution in [3.05, 3.63) is 71.2 Å². The van der Waals surface area contributed by atoms with E-state index in [1.54, 1.807) is 36.4 Å². The van der Waals surface area contributed by atoms with Crippen LogP contribution >= 0.6 is 11.6 Å². The Bertz CT molecular complexity index is 1410. The van der Waals surface area contributed by atoms with Gasteiger partial charge in [-0.05, 0) is 56.2 Å². The normalized spacial score (nSPS) is 29.0. The van der Waals surface area contributed by atoms with Crippen molar-refractivity contribution in [2.75, 3.05) is 11.5 Å². The van der Waals surface area contributed by atoms with Gasteiger partial charge in [-0.1, -0.05) is 35.9 Å². The summed E-state index contributed by atoms with van der Waals surface area (Å²) in [5.41, 5.74) is -0.390. The Morgan fingerprint density at radius 2 is 1.74 bits per heavy atom. The maximum Gasteiger partial charge on any atom is 0.240 e. The van der Waals surface area contributed by atoms with Crippen molar-refractivity contribution in [1.82, 2.24) is 0 Å². The molecule has 7 heteroatoms. The molecule has 4 atom stereocenters. The van der Waals surface area contributed by atoms with Crippen molar-refractivity contribution < 1.29 is 19.1 Å². The number of ether oxygens (including phenoxy) is 2. The van der Waals surface area contributed by atoms with Gasteiger partial charge in [-0.2, -0.15) is 5.26 Å². The Balaban J connectivity index is 1.33. The number of carbonyl (C=O) groups is 2. The van der Waals surface area contributed by atoms with Crippen LogP contribution in [-0.2, 0) is 14.3 Å². The molecule has 0 unspecified atom stereocenters. The number of anilines is 1. The monoisotopic (exact) mass is 486 g/mol. The van der Waals surface area contributed by atoms with Gasteiger partial charge in [0.1, 0.15) is 5.75 Å². The number of amides is 2. The predicted molar refractivity (Wildman–Crippen MR) is 131 cm³/mol. The average Bonchev–Trinajstić information content (AvgIpc) is 3.44. The molecule has 2 amide bonds. The smallest absolute Gasteiger partial charge is 0.240 e. The van der Waals surface area contributed by atoms with Crippen LogP contribution in [0.3, 0.4) is 0 Å². The van der Waals surface area contributed by atoms with E-state index >= 15 is 0 Å². The molecule has 3 aliphatic heterocycles. The van der Waals surface area contributed by atoms with Crippen LogP contribution in [0.15, 0.2) is 60.7 Å². The van der Waals surface area contributed by atoms with Crippen molar-refractivity contribution in [2.24, 2.45) is 11.8 Å². The van der Waals surface area contributed by atoms with Crippen LogP contribution in [0.5, 0.6) is 5.75 Å². The van der Waals surface area contributed by atoms with Crippen LogP contribution in [0.1, 0.15) is 31.7 Å². The fourth-order valence-electron chi connectivity index (χ4n) is 6.30. The van der Waals surface area contributed by atoms with Gasteiger partial charge in [0.05, 0.1) is 47.0 Å². The summed E-state index contributed by atoms with van der Waals surface area (Å²) in [7, 11) is 0. The van der Waals surface area contributed by atoms with Gasteiger partial charge in [-0.15, -0.1) is 0 Å². The van der Waals surface area contributed by atoms with Gasteiger partial charge in [0.15, 0.2) is 0 Å². The van der Waals surface area contributed by atoms with E-state index in [4.69, 9.17) is 21.1 Å². The topological polar surface area (TPSA) is 79.6 Å². The second kappa shape index (κ2) is 7.81. The number of benzene rings is 3. The molecular formula is C28H23ClN2O4. The van der Waals surface area contributed by atoms with Crippen LogP contribution < -0.4 is 9.64 Å². The summed E-state index contributed by atoms with van der Waals surface area (Å²) in [4.78, 5) is 29.0. The minimum absolute atomic E-state index is 0.224. The molecule has 0 aromatic heterocycles. The second-order valence-electron chi connectivity index (χ2n) is 9.79. The third-order valence-corrected chi connectivity index (χ3v) is 8.13. The highest BCUT2D eigenvalue weighted by Gasteiger charge is 2.73. The van der Waals surface area contributed by atoms with Crippen molar-refractivity contribution in [2.45, 2.75) is 37.4 Å². The molecule has 6 nitrogen and oxygen atoms in total. The van der Waals surface area contributed by atoms with Crippen LogP contribution in [0.2, 0.25) is 5.02 Å². The van der Waals surface area contributed by atoms with E-state index in [1.165, 1.54) is 4.90 Å². The minimum Gasteiger partial charge on any atom is -0.493 e. The van der Waals surface area contributed by atoms with Crippen molar-refractivity contribution in [3.63, 3.8) is 0 Å². The number of carbonyl (C=O) groups excluding carboxylic acids is 2. The molecule has 3 saturated heterocycles. The summed E-state index contributed by atoms with van der Waals surface area (Å²) in [5.74, 6) is -0.853. The molecule has 0 radical (unpaired) electrons. The van der Waals surface area contributed by atoms with E-state index in [0.29, 0.717) is 46.9 Å². The largest absolute Gasteiger partial charge is 0.493 e. The number of imide groups is 1. The molecule has 6 rings (SSSR count). The molecular weight excluding hydrogens is 464 g/mol. The zero-order valence-electron chi connectivity index (χ0n) is 19.2. The first kappa shape index (κ1) is 22.1. The van der Waals surface area contributed by atoms with Gasteiger partial charge in [0.2, 0.25) is 11.8 Å². The molecule has 3 heterocycles. The zero-order chi connectivity index (χ0) is 24.4. The van der Waals surface area contributed by atoms with Gasteiger partial charge in [-0.25, -0.2) is 4.90 Å². The van der Waals surface area contributed by atoms with E-state index in [-0.39, 0.29) is 11.8 Å². The highest BCUT2D eigenvalue weighted by molar-refractivity contribution is 6.30. The van der Waals surface area contributed by atoms with Crippen LogP contribution in [0, 0.1) is 23.2 Å². The Labute approximate surface area is 208 Å². The third-order valence-electron chi connectivity index (χ3n) is 7.88. The number of halogens is 1. The summed E-state index contributed by atoms with van der Waals surface area (Å²) in [6.07, 6.45) is 1.93. The van der Waals surface area contributed by atoms with Crippen molar-refractivity contribution >= 4 is 39.9 Å². The van der Waals surface area contributed by atoms with E-state index in [0.717, 1.165) is 11.8 Å². The molecule has 3 aromatic carbocycles. The lowest BCUT2D eigenvalue weighted by atomic mass is 9.67. The third kappa shape index (κ3) is 3.19. The zero-order valence-corrected chi connectivity index (χ0v) is 19.9. The Hall–Kier alpha value is -3.40. The lowest BCUT2D eigenvalue weighted by molar-refractivity contribution is -0.131. The van der Waals surface area contributed by atoms with Gasteiger partial charge < -0.3 is 9.47 Å². The molecule has 3 aliphatic rings. The van der Waals surface area contributed by atoms with Gasteiger partial charge in [0, 0.05) is 22.2 Å². The minimum atomic E-state index is -0.740. The molecule has 0 spiro atoms. The van der Waals surface area contributed by atoms with E-state index in [1.807, 2.05) is 31.2 Å². The quantitative estimate of drug-likeness (QED) is 0.459. The molecule has 3 aromatic rings. The second-order valence-corrected chi connectivity index (χ2v) is 10.2. The highest BCUT2D eigenvalue weighted by atomic mass is 35.5. The van der Waals surface area contributed by atoms with Crippen molar-refractivity contribution in [3.8, 4) is 11.8 Å². The molecule has 0 aliphatic carbocycles. The summed E-state index contributed by atoms with van der Waals surface area (Å²) < 4.78 is 12.4. The number of hydrogen-bond donors (Lipinski definition) is 0. The molecule has 0 N–H and O–H groups in total. The fourth-order valence-corrected chi connectivity index (χ4v) is 6.42. The van der Waals surface area contributed by atoms with Gasteiger partial charge in [-0.3, -0.25) is 9.59 Å². The summed E-state index contributed by atoms with van der Waals surface area (Å²) in [6, 6.07) is 20.1. The maximum absolute atomic E-state index is 13.9. The van der Waals surface area contributed by atoms with Crippen LogP contribution in [-0.4, -0.2) is 29.6 Å². The maximum atomic E-state index is 13.9. The molecule has 0 saturated carbocycles. The number of nitriles is 1. The standard InChI is InChI=1S/C28H23ClN2O4/c1-27-12-13-28(35-27,14-15-34-19-9-7-18(29)8-10-19)24-23(27)25(32)31(26(24)33)22-11-6-17(16-30)20-4-2-3-5-21(20)22/h2-11,23-24H,12-15H2,1H3/t23-,24+,27-,28-/m1/s1. The van der Waals surface area contributed by atoms with E-state index < -0.39 is 23.0 Å². The number of fused-ring (bicyclic) bond motifs is 6. The first-order valence-corrected chi connectivity index (χ1v) is 12.1. The van der Waals surface area contributed by atoms with Gasteiger partial charge >= 0.3 is 0 Å². The number of hydrogen-bond acceptors (Lipinski definition) is 5. The Morgan fingerprint density at radius 3 is 2.49 bits per heavy atom. The first-order valence-electron chi connectivity index (χ1n) is 11.8. The molecule has 35 heavy (non-hydrogen) atoms. The lowest BCUT2D eigenvalue weighted by Crippen LogP contribution is -2.43. The Kier molecular flexibility index (Phi) is 4.93. The lowest BCUT2D eigenvalue weighted by Gasteiger charge is -2.31. The number of nitrogens with zero attached hydrogens (tertiary/aromatic N) is 2. The van der Waals surface area contributed by atoms with Crippen LogP contribution in [0.4, 0.5) is 5.69 Å². The molecule has 176 valence electrons. The SMILES string of the molecule is C[C@]12CC[C@](CCOc3ccc(Cl)cc3)(O1)[C@@H]1C(=O)N(c3ccc(C#N)c4ccccc34)C(=O)[C@@H]12. The summed E-state index contributed by atoms with van der Waals surface area (Å²) in [5, 5.41) is 11.6. The summed E-state index contributed by atoms with van der Waals surface area (Å²) in [6.45, 7) is 2.31. The van der Waals surface area contributed by atoms with E-state index in [9.17, 15) is 14.9 Å².